The standard InChI is InChI=1S/C13H26O3/c1-6-13(5,8-9-14)16-10-7-11(15)12(2,3)4/h14H,6-10H2,1-5H3. The molecule has 0 bridgehead atoms. The number of aliphatic hydroxyl groups is 1. The van der Waals surface area contributed by atoms with Crippen LogP contribution >= 0.6 is 0 Å². The molecule has 1 N–H and O–H groups in total. The zero-order valence-corrected chi connectivity index (χ0v) is 11.3. The van der Waals surface area contributed by atoms with E-state index in [1.165, 1.54) is 0 Å². The molecular formula is C13H26O3. The molecule has 1 unspecified atom stereocenters. The second-order valence-corrected chi connectivity index (χ2v) is 5.55. The summed E-state index contributed by atoms with van der Waals surface area (Å²) < 4.78 is 5.70. The van der Waals surface area contributed by atoms with Crippen LogP contribution in [-0.2, 0) is 9.53 Å². The molecule has 0 saturated carbocycles. The van der Waals surface area contributed by atoms with Gasteiger partial charge in [0, 0.05) is 18.4 Å². The molecular weight excluding hydrogens is 204 g/mol. The summed E-state index contributed by atoms with van der Waals surface area (Å²) in [5, 5.41) is 8.92. The molecule has 3 heteroatoms. The summed E-state index contributed by atoms with van der Waals surface area (Å²) in [6, 6.07) is 0. The van der Waals surface area contributed by atoms with Gasteiger partial charge in [-0.25, -0.2) is 0 Å². The van der Waals surface area contributed by atoms with Gasteiger partial charge < -0.3 is 9.84 Å². The minimum atomic E-state index is -0.299. The van der Waals surface area contributed by atoms with Gasteiger partial charge in [0.05, 0.1) is 12.2 Å². The molecule has 0 radical (unpaired) electrons. The lowest BCUT2D eigenvalue weighted by Gasteiger charge is -2.28. The Labute approximate surface area is 99.2 Å². The summed E-state index contributed by atoms with van der Waals surface area (Å²) in [4.78, 5) is 11.7. The first-order valence-electron chi connectivity index (χ1n) is 6.03. The summed E-state index contributed by atoms with van der Waals surface area (Å²) in [5.41, 5.74) is -0.587. The van der Waals surface area contributed by atoms with E-state index in [1.807, 2.05) is 34.6 Å². The van der Waals surface area contributed by atoms with Gasteiger partial charge in [0.25, 0.3) is 0 Å². The number of Topliss-reactive ketones (excluding diaryl/α,β-unsaturated/α-hetero) is 1. The summed E-state index contributed by atoms with van der Waals surface area (Å²) in [6.07, 6.45) is 1.91. The van der Waals surface area contributed by atoms with Crippen molar-refractivity contribution in [2.24, 2.45) is 5.41 Å². The normalized spacial score (nSPS) is 15.9. The van der Waals surface area contributed by atoms with Crippen molar-refractivity contribution in [3.8, 4) is 0 Å². The van der Waals surface area contributed by atoms with E-state index in [9.17, 15) is 4.79 Å². The first-order chi connectivity index (χ1) is 7.25. The third-order valence-corrected chi connectivity index (χ3v) is 3.00. The van der Waals surface area contributed by atoms with Crippen molar-refractivity contribution >= 4 is 5.78 Å². The zero-order chi connectivity index (χ0) is 12.8. The molecule has 0 saturated heterocycles. The highest BCUT2D eigenvalue weighted by Crippen LogP contribution is 2.21. The molecule has 3 nitrogen and oxygen atoms in total. The maximum Gasteiger partial charge on any atom is 0.140 e. The van der Waals surface area contributed by atoms with E-state index >= 15 is 0 Å². The molecule has 0 aliphatic heterocycles. The second kappa shape index (κ2) is 6.36. The van der Waals surface area contributed by atoms with Crippen molar-refractivity contribution in [3.05, 3.63) is 0 Å². The third-order valence-electron chi connectivity index (χ3n) is 3.00. The van der Waals surface area contributed by atoms with Gasteiger partial charge in [-0.15, -0.1) is 0 Å². The highest BCUT2D eigenvalue weighted by atomic mass is 16.5. The Kier molecular flexibility index (Phi) is 6.19. The Balaban J connectivity index is 4.01. The Bertz CT molecular complexity index is 218. The smallest absolute Gasteiger partial charge is 0.140 e. The molecule has 0 rings (SSSR count). The van der Waals surface area contributed by atoms with E-state index in [2.05, 4.69) is 0 Å². The quantitative estimate of drug-likeness (QED) is 0.731. The van der Waals surface area contributed by atoms with Crippen LogP contribution < -0.4 is 0 Å². The van der Waals surface area contributed by atoms with Crippen LogP contribution in [0.2, 0.25) is 0 Å². The van der Waals surface area contributed by atoms with Gasteiger partial charge in [0.2, 0.25) is 0 Å². The minimum absolute atomic E-state index is 0.123. The molecule has 16 heavy (non-hydrogen) atoms. The number of carbonyl (C=O) groups is 1. The van der Waals surface area contributed by atoms with Crippen molar-refractivity contribution in [1.29, 1.82) is 0 Å². The number of hydrogen-bond acceptors (Lipinski definition) is 3. The Hall–Kier alpha value is -0.410. The van der Waals surface area contributed by atoms with Crippen molar-refractivity contribution in [3.63, 3.8) is 0 Å². The van der Waals surface area contributed by atoms with E-state index in [0.717, 1.165) is 6.42 Å². The van der Waals surface area contributed by atoms with Crippen molar-refractivity contribution in [2.75, 3.05) is 13.2 Å². The summed E-state index contributed by atoms with van der Waals surface area (Å²) in [6.45, 7) is 10.3. The van der Waals surface area contributed by atoms with E-state index < -0.39 is 0 Å². The predicted octanol–water partition coefficient (Wildman–Crippen LogP) is 2.56. The van der Waals surface area contributed by atoms with Crippen LogP contribution in [0, 0.1) is 5.41 Å². The van der Waals surface area contributed by atoms with Gasteiger partial charge in [-0.05, 0) is 19.8 Å². The topological polar surface area (TPSA) is 46.5 Å². The Morgan fingerprint density at radius 2 is 1.81 bits per heavy atom. The molecule has 0 fully saturated rings. The predicted molar refractivity (Wildman–Crippen MR) is 65.4 cm³/mol. The van der Waals surface area contributed by atoms with Crippen LogP contribution in [0.4, 0.5) is 0 Å². The maximum atomic E-state index is 11.7. The van der Waals surface area contributed by atoms with Crippen LogP contribution in [0.1, 0.15) is 53.9 Å². The molecule has 1 atom stereocenters. The lowest BCUT2D eigenvalue weighted by Crippen LogP contribution is -2.31. The van der Waals surface area contributed by atoms with Crippen LogP contribution in [0.25, 0.3) is 0 Å². The average molecular weight is 230 g/mol. The summed E-state index contributed by atoms with van der Waals surface area (Å²) in [5.74, 6) is 0.218. The summed E-state index contributed by atoms with van der Waals surface area (Å²) >= 11 is 0. The highest BCUT2D eigenvalue weighted by molar-refractivity contribution is 5.83. The van der Waals surface area contributed by atoms with Gasteiger partial charge in [0.15, 0.2) is 0 Å². The van der Waals surface area contributed by atoms with Crippen LogP contribution in [0.3, 0.4) is 0 Å². The van der Waals surface area contributed by atoms with E-state index in [0.29, 0.717) is 19.4 Å². The molecule has 0 heterocycles. The lowest BCUT2D eigenvalue weighted by molar-refractivity contribution is -0.129. The third kappa shape index (κ3) is 5.61. The highest BCUT2D eigenvalue weighted by Gasteiger charge is 2.24. The van der Waals surface area contributed by atoms with Gasteiger partial charge in [-0.2, -0.15) is 0 Å². The molecule has 0 spiro atoms. The molecule has 0 aliphatic carbocycles. The van der Waals surface area contributed by atoms with Crippen LogP contribution in [0.5, 0.6) is 0 Å². The summed E-state index contributed by atoms with van der Waals surface area (Å²) in [7, 11) is 0. The lowest BCUT2D eigenvalue weighted by atomic mass is 9.89. The number of aliphatic hydroxyl groups excluding tert-OH is 1. The van der Waals surface area contributed by atoms with E-state index in [-0.39, 0.29) is 23.4 Å². The first-order valence-corrected chi connectivity index (χ1v) is 6.03. The monoisotopic (exact) mass is 230 g/mol. The maximum absolute atomic E-state index is 11.7. The van der Waals surface area contributed by atoms with Gasteiger partial charge in [-0.3, -0.25) is 4.79 Å². The van der Waals surface area contributed by atoms with Gasteiger partial charge in [-0.1, -0.05) is 27.7 Å². The van der Waals surface area contributed by atoms with E-state index in [1.54, 1.807) is 0 Å². The SMILES string of the molecule is CCC(C)(CCO)OCCC(=O)C(C)(C)C. The molecule has 0 aliphatic rings. The second-order valence-electron chi connectivity index (χ2n) is 5.55. The number of ketones is 1. The fourth-order valence-electron chi connectivity index (χ4n) is 1.35. The zero-order valence-electron chi connectivity index (χ0n) is 11.3. The molecule has 96 valence electrons. The molecule has 0 aromatic heterocycles. The molecule has 0 amide bonds. The van der Waals surface area contributed by atoms with Gasteiger partial charge in [0.1, 0.15) is 5.78 Å². The van der Waals surface area contributed by atoms with Crippen LogP contribution in [0.15, 0.2) is 0 Å². The van der Waals surface area contributed by atoms with Crippen molar-refractivity contribution in [1.82, 2.24) is 0 Å². The molecule has 0 aromatic rings. The number of rotatable bonds is 7. The van der Waals surface area contributed by atoms with Crippen molar-refractivity contribution < 1.29 is 14.6 Å². The fourth-order valence-corrected chi connectivity index (χ4v) is 1.35. The van der Waals surface area contributed by atoms with E-state index in [4.69, 9.17) is 9.84 Å². The van der Waals surface area contributed by atoms with Crippen LogP contribution in [-0.4, -0.2) is 29.7 Å². The number of ether oxygens (including phenoxy) is 1. The average Bonchev–Trinajstić information content (AvgIpc) is 2.16. The Morgan fingerprint density at radius 3 is 2.19 bits per heavy atom. The number of hydrogen-bond donors (Lipinski definition) is 1. The minimum Gasteiger partial charge on any atom is -0.396 e. The largest absolute Gasteiger partial charge is 0.396 e. The van der Waals surface area contributed by atoms with Crippen molar-refractivity contribution in [2.45, 2.75) is 59.5 Å². The Morgan fingerprint density at radius 1 is 1.25 bits per heavy atom. The van der Waals surface area contributed by atoms with Gasteiger partial charge >= 0.3 is 0 Å². The first kappa shape index (κ1) is 15.6. The fraction of sp³-hybridized carbons (Fsp3) is 0.923. The molecule has 0 aromatic carbocycles. The number of carbonyl (C=O) groups excluding carboxylic acids is 1.